The van der Waals surface area contributed by atoms with E-state index in [4.69, 9.17) is 11.6 Å². The van der Waals surface area contributed by atoms with Crippen LogP contribution < -0.4 is 10.0 Å². The normalized spacial score (nSPS) is 14.2. The van der Waals surface area contributed by atoms with Crippen LogP contribution in [0.15, 0.2) is 41.3 Å². The quantitative estimate of drug-likeness (QED) is 0.731. The van der Waals surface area contributed by atoms with E-state index in [1.807, 2.05) is 18.2 Å². The lowest BCUT2D eigenvalue weighted by atomic mass is 10.1. The molecule has 2 N–H and O–H groups in total. The fourth-order valence-corrected chi connectivity index (χ4v) is 4.95. The Kier molecular flexibility index (Phi) is 4.06. The summed E-state index contributed by atoms with van der Waals surface area (Å²) in [5, 5.41) is 3.28. The van der Waals surface area contributed by atoms with Crippen molar-refractivity contribution in [3.63, 3.8) is 0 Å². The number of hydrogen-bond acceptors (Lipinski definition) is 5. The molecule has 1 aromatic heterocycles. The molecule has 1 aliphatic heterocycles. The number of aromatic nitrogens is 1. The largest absolute Gasteiger partial charge is 0.309 e. The minimum atomic E-state index is -3.58. The fraction of sp³-hybridized carbons (Fsp3) is 0.188. The number of thiazole rings is 1. The molecule has 1 aliphatic rings. The van der Waals surface area contributed by atoms with E-state index < -0.39 is 10.0 Å². The summed E-state index contributed by atoms with van der Waals surface area (Å²) in [4.78, 5) is 4.35. The maximum Gasteiger partial charge on any atom is 0.240 e. The van der Waals surface area contributed by atoms with Crippen LogP contribution in [0.25, 0.3) is 10.2 Å². The fourth-order valence-electron chi connectivity index (χ4n) is 2.76. The van der Waals surface area contributed by atoms with E-state index in [9.17, 15) is 8.42 Å². The summed E-state index contributed by atoms with van der Waals surface area (Å²) in [5.41, 5.74) is 4.15. The Bertz CT molecular complexity index is 1030. The summed E-state index contributed by atoms with van der Waals surface area (Å²) in [5.74, 6) is 0. The van der Waals surface area contributed by atoms with Crippen LogP contribution in [0.5, 0.6) is 0 Å². The number of fused-ring (bicyclic) bond motifs is 2. The second-order valence-corrected chi connectivity index (χ2v) is 9.01. The van der Waals surface area contributed by atoms with Crippen LogP contribution in [-0.4, -0.2) is 13.4 Å². The van der Waals surface area contributed by atoms with E-state index in [0.29, 0.717) is 9.98 Å². The maximum absolute atomic E-state index is 12.5. The molecule has 2 heterocycles. The number of nitrogens with one attached hydrogen (secondary N) is 2. The highest BCUT2D eigenvalue weighted by Crippen LogP contribution is 2.27. The van der Waals surface area contributed by atoms with Crippen molar-refractivity contribution in [2.45, 2.75) is 24.5 Å². The smallest absolute Gasteiger partial charge is 0.240 e. The van der Waals surface area contributed by atoms with Crippen molar-refractivity contribution in [3.8, 4) is 0 Å². The van der Waals surface area contributed by atoms with E-state index in [1.54, 1.807) is 18.2 Å². The lowest BCUT2D eigenvalue weighted by Gasteiger charge is -2.08. The van der Waals surface area contributed by atoms with E-state index >= 15 is 0 Å². The summed E-state index contributed by atoms with van der Waals surface area (Å²) < 4.78 is 28.9. The first-order valence-corrected chi connectivity index (χ1v) is 10.1. The van der Waals surface area contributed by atoms with Gasteiger partial charge in [-0.05, 0) is 34.9 Å². The van der Waals surface area contributed by atoms with Crippen LogP contribution in [0.2, 0.25) is 4.47 Å². The molecule has 3 aromatic rings. The van der Waals surface area contributed by atoms with Gasteiger partial charge in [0.25, 0.3) is 0 Å². The van der Waals surface area contributed by atoms with Crippen LogP contribution in [-0.2, 0) is 29.7 Å². The molecule has 24 heavy (non-hydrogen) atoms. The molecular formula is C16H14ClN3O2S2. The van der Waals surface area contributed by atoms with Crippen molar-refractivity contribution in [3.05, 3.63) is 57.6 Å². The van der Waals surface area contributed by atoms with Gasteiger partial charge in [-0.2, -0.15) is 0 Å². The van der Waals surface area contributed by atoms with Gasteiger partial charge in [-0.15, -0.1) is 11.3 Å². The van der Waals surface area contributed by atoms with Crippen molar-refractivity contribution in [2.24, 2.45) is 0 Å². The Morgan fingerprint density at radius 2 is 2.00 bits per heavy atom. The number of halogens is 1. The minimum absolute atomic E-state index is 0.221. The molecule has 0 amide bonds. The number of benzene rings is 2. The van der Waals surface area contributed by atoms with Gasteiger partial charge in [0, 0.05) is 19.6 Å². The van der Waals surface area contributed by atoms with Crippen LogP contribution in [0.4, 0.5) is 0 Å². The van der Waals surface area contributed by atoms with Gasteiger partial charge in [-0.1, -0.05) is 29.8 Å². The molecule has 124 valence electrons. The number of nitrogens with zero attached hydrogens (tertiary/aromatic N) is 1. The molecule has 0 aliphatic carbocycles. The lowest BCUT2D eigenvalue weighted by Crippen LogP contribution is -2.23. The first-order chi connectivity index (χ1) is 11.5. The van der Waals surface area contributed by atoms with E-state index in [0.717, 1.165) is 23.4 Å². The predicted octanol–water partition coefficient (Wildman–Crippen LogP) is 3.03. The van der Waals surface area contributed by atoms with Crippen molar-refractivity contribution in [2.75, 3.05) is 0 Å². The third-order valence-electron chi connectivity index (χ3n) is 4.01. The molecule has 0 fully saturated rings. The Morgan fingerprint density at radius 1 is 1.17 bits per heavy atom. The molecule has 0 saturated carbocycles. The van der Waals surface area contributed by atoms with E-state index in [1.165, 1.54) is 22.5 Å². The van der Waals surface area contributed by atoms with Gasteiger partial charge in [0.15, 0.2) is 4.47 Å². The average Bonchev–Trinajstić information content (AvgIpc) is 3.16. The predicted molar refractivity (Wildman–Crippen MR) is 95.6 cm³/mol. The van der Waals surface area contributed by atoms with Crippen LogP contribution in [0.1, 0.15) is 16.7 Å². The Labute approximate surface area is 148 Å². The van der Waals surface area contributed by atoms with E-state index in [2.05, 4.69) is 15.0 Å². The van der Waals surface area contributed by atoms with Gasteiger partial charge in [-0.3, -0.25) is 0 Å². The van der Waals surface area contributed by atoms with Crippen LogP contribution in [0, 0.1) is 0 Å². The summed E-state index contributed by atoms with van der Waals surface area (Å²) in [6.45, 7) is 1.97. The molecule has 0 saturated heterocycles. The summed E-state index contributed by atoms with van der Waals surface area (Å²) in [7, 11) is -3.58. The Balaban J connectivity index is 1.55. The van der Waals surface area contributed by atoms with Gasteiger partial charge in [0.2, 0.25) is 10.0 Å². The first-order valence-electron chi connectivity index (χ1n) is 7.38. The molecule has 2 aromatic carbocycles. The molecule has 0 atom stereocenters. The van der Waals surface area contributed by atoms with Crippen LogP contribution in [0.3, 0.4) is 0 Å². The molecule has 0 spiro atoms. The summed E-state index contributed by atoms with van der Waals surface area (Å²) in [6, 6.07) is 10.9. The van der Waals surface area contributed by atoms with Crippen molar-refractivity contribution in [1.29, 1.82) is 0 Å². The highest BCUT2D eigenvalue weighted by atomic mass is 35.5. The molecular weight excluding hydrogens is 366 g/mol. The molecule has 0 unspecified atom stereocenters. The highest BCUT2D eigenvalue weighted by Gasteiger charge is 2.16. The van der Waals surface area contributed by atoms with Gasteiger partial charge in [0.1, 0.15) is 0 Å². The minimum Gasteiger partial charge on any atom is -0.309 e. The molecule has 0 bridgehead atoms. The standard InChI is InChI=1S/C16H14ClN3O2S2/c17-16-20-14-4-3-13(6-15(14)23-16)24(21,22)19-7-10-1-2-11-8-18-9-12(11)5-10/h1-6,18-19H,7-9H2. The van der Waals surface area contributed by atoms with Gasteiger partial charge in [-0.25, -0.2) is 18.1 Å². The second kappa shape index (κ2) is 6.09. The Morgan fingerprint density at radius 3 is 2.88 bits per heavy atom. The summed E-state index contributed by atoms with van der Waals surface area (Å²) in [6.07, 6.45) is 0. The summed E-state index contributed by atoms with van der Waals surface area (Å²) >= 11 is 7.14. The van der Waals surface area contributed by atoms with Crippen molar-refractivity contribution >= 4 is 43.2 Å². The average molecular weight is 380 g/mol. The van der Waals surface area contributed by atoms with Gasteiger partial charge in [0.05, 0.1) is 15.1 Å². The number of hydrogen-bond donors (Lipinski definition) is 2. The monoisotopic (exact) mass is 379 g/mol. The number of sulfonamides is 1. The van der Waals surface area contributed by atoms with Crippen molar-refractivity contribution < 1.29 is 8.42 Å². The van der Waals surface area contributed by atoms with Crippen LogP contribution >= 0.6 is 22.9 Å². The zero-order valence-electron chi connectivity index (χ0n) is 12.5. The molecule has 5 nitrogen and oxygen atoms in total. The molecule has 0 radical (unpaired) electrons. The number of rotatable bonds is 4. The van der Waals surface area contributed by atoms with Gasteiger partial charge >= 0.3 is 0 Å². The Hall–Kier alpha value is -1.51. The SMILES string of the molecule is O=S(=O)(NCc1ccc2c(c1)CNC2)c1ccc2nc(Cl)sc2c1. The second-order valence-electron chi connectivity index (χ2n) is 5.63. The highest BCUT2D eigenvalue weighted by molar-refractivity contribution is 7.89. The lowest BCUT2D eigenvalue weighted by molar-refractivity contribution is 0.581. The molecule has 8 heteroatoms. The third-order valence-corrected chi connectivity index (χ3v) is 6.53. The maximum atomic E-state index is 12.5. The molecule has 4 rings (SSSR count). The van der Waals surface area contributed by atoms with Gasteiger partial charge < -0.3 is 5.32 Å². The zero-order valence-corrected chi connectivity index (χ0v) is 14.9. The zero-order chi connectivity index (χ0) is 16.7. The first kappa shape index (κ1) is 16.0. The topological polar surface area (TPSA) is 71.1 Å². The third kappa shape index (κ3) is 3.05. The van der Waals surface area contributed by atoms with Crippen molar-refractivity contribution in [1.82, 2.24) is 15.0 Å². The van der Waals surface area contributed by atoms with E-state index in [-0.39, 0.29) is 11.4 Å².